The summed E-state index contributed by atoms with van der Waals surface area (Å²) >= 11 is 1.41. The largest absolute Gasteiger partial charge is 0.484 e. The van der Waals surface area contributed by atoms with E-state index in [1.54, 1.807) is 35.2 Å². The van der Waals surface area contributed by atoms with Crippen molar-refractivity contribution in [2.45, 2.75) is 6.92 Å². The molecule has 6 nitrogen and oxygen atoms in total. The Kier molecular flexibility index (Phi) is 7.34. The third kappa shape index (κ3) is 5.33. The molecule has 0 saturated carbocycles. The Labute approximate surface area is 179 Å². The molecule has 1 aromatic heterocycles. The number of hydrogen-bond donors (Lipinski definition) is 1. The second kappa shape index (κ2) is 10.4. The number of carbonyl (C=O) groups is 2. The van der Waals surface area contributed by atoms with Gasteiger partial charge in [-0.05, 0) is 31.2 Å². The summed E-state index contributed by atoms with van der Waals surface area (Å²) in [5, 5.41) is 5.21. The molecule has 0 atom stereocenters. The van der Waals surface area contributed by atoms with E-state index in [0.717, 1.165) is 11.3 Å². The zero-order valence-electron chi connectivity index (χ0n) is 16.7. The van der Waals surface area contributed by atoms with Crippen molar-refractivity contribution in [2.24, 2.45) is 0 Å². The molecule has 0 spiro atoms. The van der Waals surface area contributed by atoms with Crippen molar-refractivity contribution >= 4 is 28.3 Å². The Balaban J connectivity index is 1.73. The first-order chi connectivity index (χ1) is 14.6. The molecule has 2 amide bonds. The molecule has 0 aliphatic carbocycles. The number of thiazole rings is 1. The third-order valence-corrected chi connectivity index (χ3v) is 5.06. The van der Waals surface area contributed by atoms with E-state index in [-0.39, 0.29) is 18.4 Å². The van der Waals surface area contributed by atoms with Gasteiger partial charge in [0.2, 0.25) is 0 Å². The van der Waals surface area contributed by atoms with Gasteiger partial charge in [0.25, 0.3) is 11.8 Å². The minimum absolute atomic E-state index is 0.0644. The van der Waals surface area contributed by atoms with Crippen molar-refractivity contribution in [3.63, 3.8) is 0 Å². The molecular weight excluding hydrogens is 398 g/mol. The molecule has 0 aliphatic heterocycles. The monoisotopic (exact) mass is 421 g/mol. The number of amides is 2. The molecule has 0 saturated heterocycles. The Hall–Kier alpha value is -3.45. The summed E-state index contributed by atoms with van der Waals surface area (Å²) in [7, 11) is 0. The lowest BCUT2D eigenvalue weighted by Gasteiger charge is -2.18. The van der Waals surface area contributed by atoms with E-state index in [1.807, 2.05) is 42.6 Å². The smallest absolute Gasteiger partial charge is 0.260 e. The minimum atomic E-state index is -0.187. The fourth-order valence-corrected chi connectivity index (χ4v) is 3.59. The lowest BCUT2D eigenvalue weighted by atomic mass is 10.2. The molecule has 2 aromatic carbocycles. The van der Waals surface area contributed by atoms with Crippen LogP contribution >= 0.6 is 11.3 Å². The summed E-state index contributed by atoms with van der Waals surface area (Å²) in [6, 6.07) is 16.5. The quantitative estimate of drug-likeness (QED) is 0.527. The molecule has 7 heteroatoms. The van der Waals surface area contributed by atoms with E-state index in [0.29, 0.717) is 29.5 Å². The molecule has 3 rings (SSSR count). The van der Waals surface area contributed by atoms with Crippen molar-refractivity contribution in [3.8, 4) is 17.0 Å². The summed E-state index contributed by atoms with van der Waals surface area (Å²) in [6.45, 7) is 6.44. The average molecular weight is 422 g/mol. The van der Waals surface area contributed by atoms with Gasteiger partial charge in [0.1, 0.15) is 5.75 Å². The molecule has 0 unspecified atom stereocenters. The fourth-order valence-electron chi connectivity index (χ4n) is 2.75. The van der Waals surface area contributed by atoms with Crippen molar-refractivity contribution in [3.05, 3.63) is 78.2 Å². The van der Waals surface area contributed by atoms with Crippen LogP contribution in [0.15, 0.2) is 72.6 Å². The number of hydrogen-bond acceptors (Lipinski definition) is 5. The highest BCUT2D eigenvalue weighted by molar-refractivity contribution is 7.14. The summed E-state index contributed by atoms with van der Waals surface area (Å²) in [6.07, 6.45) is 1.67. The van der Waals surface area contributed by atoms with Crippen LogP contribution in [-0.4, -0.2) is 36.5 Å². The second-order valence-electron chi connectivity index (χ2n) is 6.35. The Morgan fingerprint density at radius 2 is 1.90 bits per heavy atom. The van der Waals surface area contributed by atoms with Gasteiger partial charge in [-0.25, -0.2) is 4.98 Å². The normalized spacial score (nSPS) is 10.3. The predicted molar refractivity (Wildman–Crippen MR) is 120 cm³/mol. The van der Waals surface area contributed by atoms with Crippen LogP contribution in [0.2, 0.25) is 0 Å². The second-order valence-corrected chi connectivity index (χ2v) is 7.19. The van der Waals surface area contributed by atoms with Crippen molar-refractivity contribution in [1.82, 2.24) is 10.3 Å². The highest BCUT2D eigenvalue weighted by atomic mass is 32.1. The number of rotatable bonds is 9. The van der Waals surface area contributed by atoms with Crippen LogP contribution in [0.4, 0.5) is 5.13 Å². The van der Waals surface area contributed by atoms with E-state index in [2.05, 4.69) is 16.9 Å². The number of likely N-dealkylation sites (N-methyl/N-ethyl adjacent to an activating group) is 1. The lowest BCUT2D eigenvalue weighted by Crippen LogP contribution is -2.31. The first kappa shape index (κ1) is 21.3. The molecule has 0 fully saturated rings. The van der Waals surface area contributed by atoms with E-state index in [1.165, 1.54) is 11.3 Å². The molecule has 3 aromatic rings. The maximum Gasteiger partial charge on any atom is 0.260 e. The van der Waals surface area contributed by atoms with Crippen molar-refractivity contribution in [2.75, 3.05) is 24.6 Å². The maximum atomic E-state index is 13.1. The third-order valence-electron chi connectivity index (χ3n) is 4.19. The predicted octanol–water partition coefficient (Wildman–Crippen LogP) is 4.16. The number of anilines is 1. The summed E-state index contributed by atoms with van der Waals surface area (Å²) < 4.78 is 5.44. The van der Waals surface area contributed by atoms with E-state index >= 15 is 0 Å². The summed E-state index contributed by atoms with van der Waals surface area (Å²) in [5.41, 5.74) is 2.32. The summed E-state index contributed by atoms with van der Waals surface area (Å²) in [5.74, 6) is 0.153. The van der Waals surface area contributed by atoms with Crippen LogP contribution in [0, 0.1) is 0 Å². The number of ether oxygens (including phenoxy) is 1. The SMILES string of the molecule is C=CCN(C(=O)c1ccc(OCC(=O)NCC)cc1)c1nc(-c2ccccc2)cs1. The standard InChI is InChI=1S/C23H23N3O3S/c1-3-14-26(23-25-20(16-30-23)17-8-6-5-7-9-17)22(28)18-10-12-19(13-11-18)29-15-21(27)24-4-2/h3,5-13,16H,1,4,14-15H2,2H3,(H,24,27). The maximum absolute atomic E-state index is 13.1. The van der Waals surface area contributed by atoms with E-state index in [9.17, 15) is 9.59 Å². The number of benzene rings is 2. The van der Waals surface area contributed by atoms with Crippen LogP contribution < -0.4 is 15.0 Å². The first-order valence-electron chi connectivity index (χ1n) is 9.55. The molecule has 1 N–H and O–H groups in total. The van der Waals surface area contributed by atoms with Crippen LogP contribution in [-0.2, 0) is 4.79 Å². The van der Waals surface area contributed by atoms with Gasteiger partial charge in [0.15, 0.2) is 11.7 Å². The summed E-state index contributed by atoms with van der Waals surface area (Å²) in [4.78, 5) is 30.8. The Bertz CT molecular complexity index is 1000. The van der Waals surface area contributed by atoms with Crippen LogP contribution in [0.25, 0.3) is 11.3 Å². The number of nitrogens with zero attached hydrogens (tertiary/aromatic N) is 2. The Morgan fingerprint density at radius 1 is 1.17 bits per heavy atom. The fraction of sp³-hybridized carbons (Fsp3) is 0.174. The van der Waals surface area contributed by atoms with Gasteiger partial charge >= 0.3 is 0 Å². The minimum Gasteiger partial charge on any atom is -0.484 e. The average Bonchev–Trinajstić information content (AvgIpc) is 3.27. The number of aromatic nitrogens is 1. The zero-order valence-corrected chi connectivity index (χ0v) is 17.5. The van der Waals surface area contributed by atoms with E-state index < -0.39 is 0 Å². The molecule has 154 valence electrons. The van der Waals surface area contributed by atoms with Gasteiger partial charge < -0.3 is 10.1 Å². The van der Waals surface area contributed by atoms with Crippen LogP contribution in [0.1, 0.15) is 17.3 Å². The molecule has 1 heterocycles. The highest BCUT2D eigenvalue weighted by Gasteiger charge is 2.20. The van der Waals surface area contributed by atoms with Gasteiger partial charge in [-0.15, -0.1) is 17.9 Å². The Morgan fingerprint density at radius 3 is 2.57 bits per heavy atom. The van der Waals surface area contributed by atoms with Crippen LogP contribution in [0.5, 0.6) is 5.75 Å². The molecule has 0 aliphatic rings. The van der Waals surface area contributed by atoms with Crippen LogP contribution in [0.3, 0.4) is 0 Å². The van der Waals surface area contributed by atoms with E-state index in [4.69, 9.17) is 4.74 Å². The number of carbonyl (C=O) groups excluding carboxylic acids is 2. The van der Waals surface area contributed by atoms with Crippen molar-refractivity contribution in [1.29, 1.82) is 0 Å². The van der Waals surface area contributed by atoms with Gasteiger partial charge in [-0.1, -0.05) is 36.4 Å². The topological polar surface area (TPSA) is 71.5 Å². The molecular formula is C23H23N3O3S. The molecule has 30 heavy (non-hydrogen) atoms. The molecule has 0 radical (unpaired) electrons. The van der Waals surface area contributed by atoms with Gasteiger partial charge in [0.05, 0.1) is 5.69 Å². The highest BCUT2D eigenvalue weighted by Crippen LogP contribution is 2.28. The van der Waals surface area contributed by atoms with Crippen molar-refractivity contribution < 1.29 is 14.3 Å². The van der Waals surface area contributed by atoms with Gasteiger partial charge in [0, 0.05) is 29.6 Å². The van der Waals surface area contributed by atoms with Gasteiger partial charge in [-0.3, -0.25) is 14.5 Å². The first-order valence-corrected chi connectivity index (χ1v) is 10.4. The number of nitrogens with one attached hydrogen (secondary N) is 1. The zero-order chi connectivity index (χ0) is 21.3. The molecule has 0 bridgehead atoms. The lowest BCUT2D eigenvalue weighted by molar-refractivity contribution is -0.122. The van der Waals surface area contributed by atoms with Gasteiger partial charge in [-0.2, -0.15) is 0 Å².